The maximum atomic E-state index is 13.3. The third-order valence-corrected chi connectivity index (χ3v) is 2.32. The fraction of sp³-hybridized carbons (Fsp3) is 0.417. The van der Waals surface area contributed by atoms with E-state index in [9.17, 15) is 9.18 Å². The molecule has 0 spiro atoms. The summed E-state index contributed by atoms with van der Waals surface area (Å²) >= 11 is 0. The lowest BCUT2D eigenvalue weighted by Gasteiger charge is -2.06. The van der Waals surface area contributed by atoms with Gasteiger partial charge in [0.2, 0.25) is 5.91 Å². The average Bonchev–Trinajstić information content (AvgIpc) is 2.34. The highest BCUT2D eigenvalue weighted by Gasteiger charge is 2.05. The van der Waals surface area contributed by atoms with E-state index in [4.69, 9.17) is 10.5 Å². The smallest absolute Gasteiger partial charge is 0.220 e. The summed E-state index contributed by atoms with van der Waals surface area (Å²) < 4.78 is 18.1. The number of benzene rings is 1. The second-order valence-corrected chi connectivity index (χ2v) is 3.61. The molecule has 0 atom stereocenters. The van der Waals surface area contributed by atoms with Crippen LogP contribution in [-0.2, 0) is 11.2 Å². The number of carbonyl (C=O) groups is 1. The highest BCUT2D eigenvalue weighted by molar-refractivity contribution is 5.76. The van der Waals surface area contributed by atoms with Crippen LogP contribution in [0.4, 0.5) is 4.39 Å². The SMILES string of the molecule is COc1ccc(CCC(=O)NCCN)cc1F. The lowest BCUT2D eigenvalue weighted by atomic mass is 10.1. The van der Waals surface area contributed by atoms with Crippen molar-refractivity contribution in [1.82, 2.24) is 5.32 Å². The van der Waals surface area contributed by atoms with Gasteiger partial charge in [-0.3, -0.25) is 4.79 Å². The van der Waals surface area contributed by atoms with Crippen LogP contribution >= 0.6 is 0 Å². The minimum atomic E-state index is -0.410. The van der Waals surface area contributed by atoms with E-state index in [1.807, 2.05) is 0 Å². The number of methoxy groups -OCH3 is 1. The Bertz CT molecular complexity index is 383. The van der Waals surface area contributed by atoms with Gasteiger partial charge in [-0.15, -0.1) is 0 Å². The predicted molar refractivity (Wildman–Crippen MR) is 63.3 cm³/mol. The predicted octanol–water partition coefficient (Wildman–Crippen LogP) is 0.842. The summed E-state index contributed by atoms with van der Waals surface area (Å²) in [6, 6.07) is 4.69. The molecular formula is C12H17FN2O2. The Labute approximate surface area is 100.0 Å². The summed E-state index contributed by atoms with van der Waals surface area (Å²) in [6.45, 7) is 0.888. The molecule has 0 saturated carbocycles. The molecule has 0 bridgehead atoms. The van der Waals surface area contributed by atoms with Crippen LogP contribution < -0.4 is 15.8 Å². The Morgan fingerprint density at radius 3 is 2.88 bits per heavy atom. The molecular weight excluding hydrogens is 223 g/mol. The third-order valence-electron chi connectivity index (χ3n) is 2.32. The number of ether oxygens (including phenoxy) is 1. The zero-order valence-electron chi connectivity index (χ0n) is 9.83. The third kappa shape index (κ3) is 4.40. The van der Waals surface area contributed by atoms with Crippen LogP contribution in [0.1, 0.15) is 12.0 Å². The Morgan fingerprint density at radius 1 is 1.53 bits per heavy atom. The van der Waals surface area contributed by atoms with Gasteiger partial charge in [0.25, 0.3) is 0 Å². The standard InChI is InChI=1S/C12H17FN2O2/c1-17-11-4-2-9(8-10(11)13)3-5-12(16)15-7-6-14/h2,4,8H,3,5-7,14H2,1H3,(H,15,16). The summed E-state index contributed by atoms with van der Waals surface area (Å²) in [5, 5.41) is 2.66. The van der Waals surface area contributed by atoms with Crippen LogP contribution in [0.2, 0.25) is 0 Å². The zero-order valence-corrected chi connectivity index (χ0v) is 9.83. The summed E-state index contributed by atoms with van der Waals surface area (Å²) in [6.07, 6.45) is 0.823. The number of hydrogen-bond donors (Lipinski definition) is 2. The Morgan fingerprint density at radius 2 is 2.29 bits per heavy atom. The second-order valence-electron chi connectivity index (χ2n) is 3.61. The summed E-state index contributed by atoms with van der Waals surface area (Å²) in [5.74, 6) is -0.277. The molecule has 0 aliphatic heterocycles. The van der Waals surface area contributed by atoms with Crippen LogP contribution in [0.3, 0.4) is 0 Å². The molecule has 0 radical (unpaired) electrons. The minimum Gasteiger partial charge on any atom is -0.494 e. The largest absolute Gasteiger partial charge is 0.494 e. The molecule has 94 valence electrons. The lowest BCUT2D eigenvalue weighted by Crippen LogP contribution is -2.29. The van der Waals surface area contributed by atoms with Crippen molar-refractivity contribution < 1.29 is 13.9 Å². The van der Waals surface area contributed by atoms with Crippen molar-refractivity contribution in [2.24, 2.45) is 5.73 Å². The van der Waals surface area contributed by atoms with Crippen molar-refractivity contribution >= 4 is 5.91 Å². The van der Waals surface area contributed by atoms with Crippen LogP contribution in [-0.4, -0.2) is 26.1 Å². The molecule has 0 aliphatic rings. The topological polar surface area (TPSA) is 64.3 Å². The molecule has 4 nitrogen and oxygen atoms in total. The fourth-order valence-electron chi connectivity index (χ4n) is 1.42. The van der Waals surface area contributed by atoms with Gasteiger partial charge in [0.15, 0.2) is 11.6 Å². The molecule has 1 amide bonds. The number of aryl methyl sites for hydroxylation is 1. The first kappa shape index (κ1) is 13.4. The molecule has 17 heavy (non-hydrogen) atoms. The first-order valence-corrected chi connectivity index (χ1v) is 5.46. The van der Waals surface area contributed by atoms with Gasteiger partial charge in [0.05, 0.1) is 7.11 Å². The maximum Gasteiger partial charge on any atom is 0.220 e. The Kier molecular flexibility index (Phi) is 5.42. The van der Waals surface area contributed by atoms with Crippen LogP contribution in [0.5, 0.6) is 5.75 Å². The van der Waals surface area contributed by atoms with E-state index in [0.29, 0.717) is 25.9 Å². The van der Waals surface area contributed by atoms with Gasteiger partial charge in [-0.25, -0.2) is 4.39 Å². The molecule has 3 N–H and O–H groups in total. The van der Waals surface area contributed by atoms with Gasteiger partial charge in [-0.2, -0.15) is 0 Å². The quantitative estimate of drug-likeness (QED) is 0.774. The molecule has 1 aromatic rings. The van der Waals surface area contributed by atoms with E-state index in [2.05, 4.69) is 5.32 Å². The highest BCUT2D eigenvalue weighted by Crippen LogP contribution is 2.18. The number of halogens is 1. The van der Waals surface area contributed by atoms with Gasteiger partial charge in [-0.1, -0.05) is 6.07 Å². The van der Waals surface area contributed by atoms with Crippen molar-refractivity contribution in [3.05, 3.63) is 29.6 Å². The summed E-state index contributed by atoms with van der Waals surface area (Å²) in [7, 11) is 1.42. The van der Waals surface area contributed by atoms with Gasteiger partial charge >= 0.3 is 0 Å². The minimum absolute atomic E-state index is 0.0772. The zero-order chi connectivity index (χ0) is 12.7. The Balaban J connectivity index is 2.47. The van der Waals surface area contributed by atoms with Gasteiger partial charge in [0, 0.05) is 19.5 Å². The first-order chi connectivity index (χ1) is 8.17. The van der Waals surface area contributed by atoms with Crippen LogP contribution in [0.15, 0.2) is 18.2 Å². The maximum absolute atomic E-state index is 13.3. The average molecular weight is 240 g/mol. The molecule has 1 aromatic carbocycles. The number of carbonyl (C=O) groups excluding carboxylic acids is 1. The van der Waals surface area contributed by atoms with E-state index in [1.54, 1.807) is 12.1 Å². The van der Waals surface area contributed by atoms with E-state index < -0.39 is 5.82 Å². The Hall–Kier alpha value is -1.62. The summed E-state index contributed by atoms with van der Waals surface area (Å²) in [4.78, 5) is 11.3. The van der Waals surface area contributed by atoms with Crippen molar-refractivity contribution in [2.75, 3.05) is 20.2 Å². The van der Waals surface area contributed by atoms with E-state index in [-0.39, 0.29) is 11.7 Å². The molecule has 0 saturated heterocycles. The molecule has 1 rings (SSSR count). The van der Waals surface area contributed by atoms with Gasteiger partial charge < -0.3 is 15.8 Å². The van der Waals surface area contributed by atoms with Gasteiger partial charge in [0.1, 0.15) is 0 Å². The number of hydrogen-bond acceptors (Lipinski definition) is 3. The number of nitrogens with two attached hydrogens (primary N) is 1. The molecule has 0 aliphatic carbocycles. The molecule has 0 aromatic heterocycles. The number of rotatable bonds is 6. The first-order valence-electron chi connectivity index (χ1n) is 5.46. The van der Waals surface area contributed by atoms with Crippen molar-refractivity contribution in [1.29, 1.82) is 0 Å². The number of amides is 1. The lowest BCUT2D eigenvalue weighted by molar-refractivity contribution is -0.120. The monoisotopic (exact) mass is 240 g/mol. The molecule has 0 fully saturated rings. The fourth-order valence-corrected chi connectivity index (χ4v) is 1.42. The molecule has 5 heteroatoms. The van der Waals surface area contributed by atoms with Crippen LogP contribution in [0, 0.1) is 5.82 Å². The molecule has 0 unspecified atom stereocenters. The highest BCUT2D eigenvalue weighted by atomic mass is 19.1. The molecule has 0 heterocycles. The van der Waals surface area contributed by atoms with Crippen molar-refractivity contribution in [2.45, 2.75) is 12.8 Å². The van der Waals surface area contributed by atoms with Crippen molar-refractivity contribution in [3.63, 3.8) is 0 Å². The van der Waals surface area contributed by atoms with Crippen LogP contribution in [0.25, 0.3) is 0 Å². The normalized spacial score (nSPS) is 10.1. The summed E-state index contributed by atoms with van der Waals surface area (Å²) in [5.41, 5.74) is 6.03. The van der Waals surface area contributed by atoms with E-state index in [1.165, 1.54) is 13.2 Å². The second kappa shape index (κ2) is 6.85. The van der Waals surface area contributed by atoms with E-state index in [0.717, 1.165) is 5.56 Å². The number of nitrogens with one attached hydrogen (secondary N) is 1. The van der Waals surface area contributed by atoms with Crippen molar-refractivity contribution in [3.8, 4) is 5.75 Å². The van der Waals surface area contributed by atoms with E-state index >= 15 is 0 Å². The van der Waals surface area contributed by atoms with Gasteiger partial charge in [-0.05, 0) is 24.1 Å².